The largest absolute Gasteiger partial charge is 0.296 e. The molecule has 1 aromatic carbocycles. The Morgan fingerprint density at radius 3 is 2.59 bits per heavy atom. The second-order valence-corrected chi connectivity index (χ2v) is 5.65. The lowest BCUT2D eigenvalue weighted by Gasteiger charge is -2.32. The van der Waals surface area contributed by atoms with Gasteiger partial charge >= 0.3 is 0 Å². The van der Waals surface area contributed by atoms with Crippen molar-refractivity contribution in [3.63, 3.8) is 0 Å². The summed E-state index contributed by atoms with van der Waals surface area (Å²) in [6.07, 6.45) is 2.45. The van der Waals surface area contributed by atoms with Crippen molar-refractivity contribution in [2.75, 3.05) is 6.54 Å². The summed E-state index contributed by atoms with van der Waals surface area (Å²) in [6.45, 7) is 11.5. The second-order valence-electron chi connectivity index (χ2n) is 5.65. The van der Waals surface area contributed by atoms with Crippen LogP contribution >= 0.6 is 0 Å². The topological polar surface area (TPSA) is 3.24 Å². The Kier molecular flexibility index (Phi) is 3.88. The summed E-state index contributed by atoms with van der Waals surface area (Å²) < 4.78 is 0. The van der Waals surface area contributed by atoms with E-state index in [2.05, 4.69) is 50.8 Å². The maximum atomic E-state index is 2.56. The maximum Gasteiger partial charge on any atom is 0.0239 e. The van der Waals surface area contributed by atoms with Crippen LogP contribution in [0.5, 0.6) is 0 Å². The summed E-state index contributed by atoms with van der Waals surface area (Å²) >= 11 is 0. The molecule has 0 aromatic heterocycles. The molecule has 1 heteroatoms. The minimum Gasteiger partial charge on any atom is -0.296 e. The molecule has 1 aliphatic heterocycles. The first-order chi connectivity index (χ1) is 8.11. The molecule has 1 aliphatic rings. The lowest BCUT2D eigenvalue weighted by molar-refractivity contribution is 0.203. The molecule has 0 radical (unpaired) electrons. The zero-order valence-corrected chi connectivity index (χ0v) is 11.7. The Morgan fingerprint density at radius 2 is 1.94 bits per heavy atom. The van der Waals surface area contributed by atoms with Crippen molar-refractivity contribution in [2.24, 2.45) is 0 Å². The van der Waals surface area contributed by atoms with Crippen LogP contribution < -0.4 is 0 Å². The van der Waals surface area contributed by atoms with Crippen molar-refractivity contribution in [1.29, 1.82) is 0 Å². The third-order valence-electron chi connectivity index (χ3n) is 4.18. The highest BCUT2D eigenvalue weighted by Crippen LogP contribution is 2.26. The van der Waals surface area contributed by atoms with Crippen LogP contribution in [0, 0.1) is 0 Å². The van der Waals surface area contributed by atoms with Gasteiger partial charge in [0.2, 0.25) is 0 Å². The number of fused-ring (bicyclic) bond motifs is 1. The fourth-order valence-electron chi connectivity index (χ4n) is 2.58. The van der Waals surface area contributed by atoms with E-state index in [0.29, 0.717) is 12.0 Å². The summed E-state index contributed by atoms with van der Waals surface area (Å²) in [4.78, 5) is 2.56. The Hall–Kier alpha value is -0.820. The average molecular weight is 231 g/mol. The average Bonchev–Trinajstić information content (AvgIpc) is 2.36. The van der Waals surface area contributed by atoms with Crippen LogP contribution in [0.25, 0.3) is 0 Å². The van der Waals surface area contributed by atoms with Gasteiger partial charge in [0.25, 0.3) is 0 Å². The van der Waals surface area contributed by atoms with Crippen molar-refractivity contribution in [3.8, 4) is 0 Å². The molecule has 1 heterocycles. The molecular formula is C16H25N. The Bertz CT molecular complexity index is 381. The third-order valence-corrected chi connectivity index (χ3v) is 4.18. The van der Waals surface area contributed by atoms with Gasteiger partial charge in [-0.05, 0) is 49.3 Å². The molecule has 2 rings (SSSR count). The molecule has 94 valence electrons. The summed E-state index contributed by atoms with van der Waals surface area (Å²) in [6, 6.07) is 7.79. The highest BCUT2D eigenvalue weighted by molar-refractivity contribution is 5.35. The van der Waals surface area contributed by atoms with Crippen molar-refractivity contribution in [3.05, 3.63) is 34.9 Å². The van der Waals surface area contributed by atoms with E-state index in [1.807, 2.05) is 0 Å². The summed E-state index contributed by atoms with van der Waals surface area (Å²) in [5.74, 6) is 0.698. The monoisotopic (exact) mass is 231 g/mol. The highest BCUT2D eigenvalue weighted by Gasteiger charge is 2.18. The number of hydrogen-bond donors (Lipinski definition) is 0. The van der Waals surface area contributed by atoms with Gasteiger partial charge in [0, 0.05) is 19.1 Å². The number of nitrogens with zero attached hydrogens (tertiary/aromatic N) is 1. The second kappa shape index (κ2) is 5.22. The first-order valence-corrected chi connectivity index (χ1v) is 6.97. The van der Waals surface area contributed by atoms with E-state index in [-0.39, 0.29) is 0 Å². The lowest BCUT2D eigenvalue weighted by Crippen LogP contribution is -2.35. The Labute approximate surface area is 106 Å². The molecule has 17 heavy (non-hydrogen) atoms. The summed E-state index contributed by atoms with van der Waals surface area (Å²) in [7, 11) is 0. The molecule has 0 saturated heterocycles. The highest BCUT2D eigenvalue weighted by atomic mass is 15.1. The van der Waals surface area contributed by atoms with Crippen LogP contribution in [0.1, 0.15) is 56.7 Å². The molecule has 0 spiro atoms. The molecule has 1 aromatic rings. The number of rotatable bonds is 3. The van der Waals surface area contributed by atoms with E-state index in [9.17, 15) is 0 Å². The van der Waals surface area contributed by atoms with Gasteiger partial charge in [-0.2, -0.15) is 0 Å². The van der Waals surface area contributed by atoms with Crippen LogP contribution in [0.2, 0.25) is 0 Å². The summed E-state index contributed by atoms with van der Waals surface area (Å²) in [5, 5.41) is 0. The van der Waals surface area contributed by atoms with E-state index in [0.717, 1.165) is 6.54 Å². The molecule has 0 fully saturated rings. The predicted molar refractivity (Wildman–Crippen MR) is 74.4 cm³/mol. The Balaban J connectivity index is 2.19. The van der Waals surface area contributed by atoms with Crippen LogP contribution in [-0.2, 0) is 13.0 Å². The number of benzene rings is 1. The van der Waals surface area contributed by atoms with Gasteiger partial charge in [0.05, 0.1) is 0 Å². The fraction of sp³-hybridized carbons (Fsp3) is 0.625. The third kappa shape index (κ3) is 2.71. The zero-order chi connectivity index (χ0) is 12.4. The van der Waals surface area contributed by atoms with Crippen molar-refractivity contribution in [2.45, 2.75) is 59.0 Å². The molecule has 1 atom stereocenters. The standard InChI is InChI=1S/C16H25N/c1-5-13(4)14-6-7-16-11-17(12(2)3)9-8-15(16)10-14/h6-7,10,12-13H,5,8-9,11H2,1-4H3. The molecule has 0 saturated carbocycles. The van der Waals surface area contributed by atoms with E-state index >= 15 is 0 Å². The molecule has 1 unspecified atom stereocenters. The maximum absolute atomic E-state index is 2.56. The van der Waals surface area contributed by atoms with Crippen LogP contribution in [0.4, 0.5) is 0 Å². The molecule has 1 nitrogen and oxygen atoms in total. The molecule has 0 bridgehead atoms. The van der Waals surface area contributed by atoms with E-state index in [1.54, 1.807) is 5.56 Å². The van der Waals surface area contributed by atoms with Gasteiger partial charge in [-0.25, -0.2) is 0 Å². The van der Waals surface area contributed by atoms with Gasteiger partial charge < -0.3 is 0 Å². The van der Waals surface area contributed by atoms with Gasteiger partial charge in [-0.15, -0.1) is 0 Å². The molecular weight excluding hydrogens is 206 g/mol. The minimum absolute atomic E-state index is 0.664. The predicted octanol–water partition coefficient (Wildman–Crippen LogP) is 3.97. The van der Waals surface area contributed by atoms with Crippen LogP contribution in [-0.4, -0.2) is 17.5 Å². The normalized spacial score (nSPS) is 18.2. The van der Waals surface area contributed by atoms with Gasteiger partial charge in [-0.3, -0.25) is 4.90 Å². The van der Waals surface area contributed by atoms with Crippen molar-refractivity contribution < 1.29 is 0 Å². The molecule has 0 N–H and O–H groups in total. The van der Waals surface area contributed by atoms with Crippen molar-refractivity contribution >= 4 is 0 Å². The summed E-state index contributed by atoms with van der Waals surface area (Å²) in [5.41, 5.74) is 4.64. The van der Waals surface area contributed by atoms with Crippen molar-refractivity contribution in [1.82, 2.24) is 4.90 Å². The van der Waals surface area contributed by atoms with E-state index in [1.165, 1.54) is 30.5 Å². The van der Waals surface area contributed by atoms with Crippen LogP contribution in [0.15, 0.2) is 18.2 Å². The molecule has 0 amide bonds. The first kappa shape index (κ1) is 12.6. The molecule has 0 aliphatic carbocycles. The van der Waals surface area contributed by atoms with Crippen LogP contribution in [0.3, 0.4) is 0 Å². The smallest absolute Gasteiger partial charge is 0.0239 e. The first-order valence-electron chi connectivity index (χ1n) is 6.97. The van der Waals surface area contributed by atoms with Gasteiger partial charge in [-0.1, -0.05) is 32.0 Å². The van der Waals surface area contributed by atoms with Gasteiger partial charge in [0.1, 0.15) is 0 Å². The quantitative estimate of drug-likeness (QED) is 0.761. The Morgan fingerprint density at radius 1 is 1.18 bits per heavy atom. The lowest BCUT2D eigenvalue weighted by atomic mass is 9.91. The van der Waals surface area contributed by atoms with Gasteiger partial charge in [0.15, 0.2) is 0 Å². The number of hydrogen-bond acceptors (Lipinski definition) is 1. The van der Waals surface area contributed by atoms with E-state index < -0.39 is 0 Å². The fourth-order valence-corrected chi connectivity index (χ4v) is 2.58. The minimum atomic E-state index is 0.664. The zero-order valence-electron chi connectivity index (χ0n) is 11.7. The van der Waals surface area contributed by atoms with E-state index in [4.69, 9.17) is 0 Å². The SMILES string of the molecule is CCC(C)c1ccc2c(c1)CCN(C(C)C)C2.